The lowest BCUT2D eigenvalue weighted by molar-refractivity contribution is -0.188. The molecule has 1 amide bonds. The minimum atomic E-state index is -0.373. The van der Waals surface area contributed by atoms with E-state index < -0.39 is 0 Å². The standard InChI is InChI=1S/C13H22N2O3/c16-12(11-2-1-5-14-10-11)15-6-3-13(4-7-15)17-8-9-18-13/h11,14H,1-10H2/t11-/m0/s1. The molecule has 102 valence electrons. The van der Waals surface area contributed by atoms with Crippen molar-refractivity contribution in [2.24, 2.45) is 5.92 Å². The fourth-order valence-electron chi connectivity index (χ4n) is 3.17. The fraction of sp³-hybridized carbons (Fsp3) is 0.923. The second-order valence-electron chi connectivity index (χ2n) is 5.48. The smallest absolute Gasteiger partial charge is 0.226 e. The van der Waals surface area contributed by atoms with Gasteiger partial charge in [-0.25, -0.2) is 0 Å². The van der Waals surface area contributed by atoms with E-state index >= 15 is 0 Å². The summed E-state index contributed by atoms with van der Waals surface area (Å²) in [4.78, 5) is 14.4. The Bertz CT molecular complexity index is 299. The molecule has 0 bridgehead atoms. The quantitative estimate of drug-likeness (QED) is 0.733. The van der Waals surface area contributed by atoms with Gasteiger partial charge in [0.05, 0.1) is 19.1 Å². The van der Waals surface area contributed by atoms with Gasteiger partial charge in [0.2, 0.25) is 5.91 Å². The third kappa shape index (κ3) is 2.39. The number of piperidine rings is 2. The van der Waals surface area contributed by atoms with Gasteiger partial charge < -0.3 is 19.7 Å². The normalized spacial score (nSPS) is 31.8. The van der Waals surface area contributed by atoms with E-state index in [0.29, 0.717) is 19.1 Å². The third-order valence-corrected chi connectivity index (χ3v) is 4.30. The van der Waals surface area contributed by atoms with Crippen molar-refractivity contribution in [2.45, 2.75) is 31.5 Å². The molecular formula is C13H22N2O3. The van der Waals surface area contributed by atoms with Gasteiger partial charge in [-0.05, 0) is 19.4 Å². The molecule has 3 rings (SSSR count). The summed E-state index contributed by atoms with van der Waals surface area (Å²) < 4.78 is 11.4. The van der Waals surface area contributed by atoms with Crippen molar-refractivity contribution in [1.82, 2.24) is 10.2 Å². The van der Waals surface area contributed by atoms with Crippen molar-refractivity contribution in [3.8, 4) is 0 Å². The molecule has 3 fully saturated rings. The summed E-state index contributed by atoms with van der Waals surface area (Å²) in [7, 11) is 0. The van der Waals surface area contributed by atoms with Crippen LogP contribution < -0.4 is 5.32 Å². The molecule has 5 heteroatoms. The minimum Gasteiger partial charge on any atom is -0.347 e. The molecule has 5 nitrogen and oxygen atoms in total. The van der Waals surface area contributed by atoms with Crippen LogP contribution in [0.2, 0.25) is 0 Å². The van der Waals surface area contributed by atoms with E-state index in [4.69, 9.17) is 9.47 Å². The van der Waals surface area contributed by atoms with Gasteiger partial charge in [0.25, 0.3) is 0 Å². The first-order valence-electron chi connectivity index (χ1n) is 7.07. The van der Waals surface area contributed by atoms with Crippen molar-refractivity contribution in [3.63, 3.8) is 0 Å². The molecule has 18 heavy (non-hydrogen) atoms. The Morgan fingerprint density at radius 2 is 1.94 bits per heavy atom. The molecule has 3 aliphatic rings. The number of nitrogens with one attached hydrogen (secondary N) is 1. The molecule has 3 heterocycles. The van der Waals surface area contributed by atoms with Crippen LogP contribution in [-0.4, -0.2) is 56.0 Å². The molecule has 0 aliphatic carbocycles. The van der Waals surface area contributed by atoms with Crippen LogP contribution in [-0.2, 0) is 14.3 Å². The lowest BCUT2D eigenvalue weighted by Crippen LogP contribution is -2.50. The second-order valence-corrected chi connectivity index (χ2v) is 5.48. The number of ether oxygens (including phenoxy) is 2. The molecule has 0 saturated carbocycles. The Labute approximate surface area is 108 Å². The first kappa shape index (κ1) is 12.4. The van der Waals surface area contributed by atoms with Crippen molar-refractivity contribution in [3.05, 3.63) is 0 Å². The molecule has 0 unspecified atom stereocenters. The van der Waals surface area contributed by atoms with E-state index in [1.165, 1.54) is 0 Å². The average Bonchev–Trinajstić information content (AvgIpc) is 2.88. The molecule has 0 aromatic rings. The lowest BCUT2D eigenvalue weighted by atomic mass is 9.96. The Morgan fingerprint density at radius 3 is 2.56 bits per heavy atom. The fourth-order valence-corrected chi connectivity index (χ4v) is 3.17. The maximum absolute atomic E-state index is 12.4. The van der Waals surface area contributed by atoms with Crippen LogP contribution in [0.4, 0.5) is 0 Å². The maximum atomic E-state index is 12.4. The Balaban J connectivity index is 1.53. The first-order valence-corrected chi connectivity index (χ1v) is 7.07. The van der Waals surface area contributed by atoms with Crippen LogP contribution in [0.3, 0.4) is 0 Å². The summed E-state index contributed by atoms with van der Waals surface area (Å²) in [6, 6.07) is 0. The molecule has 0 radical (unpaired) electrons. The van der Waals surface area contributed by atoms with E-state index in [-0.39, 0.29) is 11.7 Å². The molecule has 1 atom stereocenters. The van der Waals surface area contributed by atoms with Crippen molar-refractivity contribution >= 4 is 5.91 Å². The zero-order valence-corrected chi connectivity index (χ0v) is 10.8. The minimum absolute atomic E-state index is 0.179. The highest BCUT2D eigenvalue weighted by molar-refractivity contribution is 5.79. The van der Waals surface area contributed by atoms with Gasteiger partial charge in [-0.15, -0.1) is 0 Å². The van der Waals surface area contributed by atoms with Crippen LogP contribution in [0.1, 0.15) is 25.7 Å². The SMILES string of the molecule is O=C([C@H]1CCCNC1)N1CCC2(CC1)OCCO2. The van der Waals surface area contributed by atoms with Gasteiger partial charge in [0.15, 0.2) is 5.79 Å². The largest absolute Gasteiger partial charge is 0.347 e. The summed E-state index contributed by atoms with van der Waals surface area (Å²) >= 11 is 0. The summed E-state index contributed by atoms with van der Waals surface area (Å²) in [6.07, 6.45) is 3.78. The van der Waals surface area contributed by atoms with Gasteiger partial charge in [-0.3, -0.25) is 4.79 Å². The second kappa shape index (κ2) is 5.15. The molecule has 0 aromatic carbocycles. The summed E-state index contributed by atoms with van der Waals surface area (Å²) in [5.41, 5.74) is 0. The number of amides is 1. The molecule has 1 spiro atoms. The number of nitrogens with zero attached hydrogens (tertiary/aromatic N) is 1. The van der Waals surface area contributed by atoms with Crippen LogP contribution in [0.15, 0.2) is 0 Å². The lowest BCUT2D eigenvalue weighted by Gasteiger charge is -2.39. The zero-order valence-electron chi connectivity index (χ0n) is 10.8. The first-order chi connectivity index (χ1) is 8.79. The molecular weight excluding hydrogens is 232 g/mol. The topological polar surface area (TPSA) is 50.8 Å². The third-order valence-electron chi connectivity index (χ3n) is 4.30. The van der Waals surface area contributed by atoms with Gasteiger partial charge in [0.1, 0.15) is 0 Å². The Kier molecular flexibility index (Phi) is 3.54. The zero-order chi connectivity index (χ0) is 12.4. The summed E-state index contributed by atoms with van der Waals surface area (Å²) in [5.74, 6) is 0.120. The number of carbonyl (C=O) groups excluding carboxylic acids is 1. The Morgan fingerprint density at radius 1 is 1.22 bits per heavy atom. The monoisotopic (exact) mass is 254 g/mol. The maximum Gasteiger partial charge on any atom is 0.226 e. The van der Waals surface area contributed by atoms with E-state index in [0.717, 1.165) is 51.9 Å². The van der Waals surface area contributed by atoms with Crippen molar-refractivity contribution in [1.29, 1.82) is 0 Å². The van der Waals surface area contributed by atoms with Crippen molar-refractivity contribution in [2.75, 3.05) is 39.4 Å². The highest BCUT2D eigenvalue weighted by Crippen LogP contribution is 2.32. The van der Waals surface area contributed by atoms with Crippen LogP contribution in [0.25, 0.3) is 0 Å². The van der Waals surface area contributed by atoms with Crippen LogP contribution in [0.5, 0.6) is 0 Å². The van der Waals surface area contributed by atoms with Gasteiger partial charge in [0, 0.05) is 32.5 Å². The predicted molar refractivity (Wildman–Crippen MR) is 66.0 cm³/mol. The number of carbonyl (C=O) groups is 1. The number of rotatable bonds is 1. The molecule has 3 aliphatic heterocycles. The predicted octanol–water partition coefficient (Wildman–Crippen LogP) is 0.352. The summed E-state index contributed by atoms with van der Waals surface area (Å²) in [6.45, 7) is 4.83. The van der Waals surface area contributed by atoms with E-state index in [1.54, 1.807) is 0 Å². The number of hydrogen-bond acceptors (Lipinski definition) is 4. The van der Waals surface area contributed by atoms with Crippen LogP contribution in [0, 0.1) is 5.92 Å². The average molecular weight is 254 g/mol. The highest BCUT2D eigenvalue weighted by atomic mass is 16.7. The van der Waals surface area contributed by atoms with Crippen molar-refractivity contribution < 1.29 is 14.3 Å². The van der Waals surface area contributed by atoms with Gasteiger partial charge in [-0.1, -0.05) is 0 Å². The molecule has 3 saturated heterocycles. The molecule has 0 aromatic heterocycles. The van der Waals surface area contributed by atoms with E-state index in [2.05, 4.69) is 5.32 Å². The van der Waals surface area contributed by atoms with Crippen LogP contribution >= 0.6 is 0 Å². The molecule has 1 N–H and O–H groups in total. The highest BCUT2D eigenvalue weighted by Gasteiger charge is 2.41. The Hall–Kier alpha value is -0.650. The number of likely N-dealkylation sites (tertiary alicyclic amines) is 1. The van der Waals surface area contributed by atoms with Gasteiger partial charge >= 0.3 is 0 Å². The van der Waals surface area contributed by atoms with Gasteiger partial charge in [-0.2, -0.15) is 0 Å². The van der Waals surface area contributed by atoms with E-state index in [9.17, 15) is 4.79 Å². The number of hydrogen-bond donors (Lipinski definition) is 1. The van der Waals surface area contributed by atoms with E-state index in [1.807, 2.05) is 4.90 Å². The summed E-state index contributed by atoms with van der Waals surface area (Å²) in [5, 5.41) is 3.31.